The van der Waals surface area contributed by atoms with Crippen molar-refractivity contribution in [3.8, 4) is 0 Å². The third-order valence-electron chi connectivity index (χ3n) is 16.1. The summed E-state index contributed by atoms with van der Waals surface area (Å²) in [6.45, 7) is 6.76. The molecule has 0 aromatic heterocycles. The maximum Gasteiger partial charge on any atom is 0.306 e. The monoisotopic (exact) mass is 1220 g/mol. The molecule has 86 heavy (non-hydrogen) atoms. The second-order valence-electron chi connectivity index (χ2n) is 25.7. The Bertz CT molecular complexity index is 1750. The van der Waals surface area contributed by atoms with Crippen LogP contribution in [0.1, 0.15) is 335 Å². The average molecular weight is 1220 g/mol. The highest BCUT2D eigenvalue weighted by molar-refractivity contribution is 7.45. The van der Waals surface area contributed by atoms with E-state index in [-0.39, 0.29) is 24.9 Å². The molecule has 0 aromatic rings. The molecule has 0 radical (unpaired) electrons. The molecule has 0 spiro atoms. The molecule has 0 rings (SSSR count). The fourth-order valence-electron chi connectivity index (χ4n) is 10.5. The third kappa shape index (κ3) is 65.6. The van der Waals surface area contributed by atoms with Crippen LogP contribution in [0.4, 0.5) is 0 Å². The lowest BCUT2D eigenvalue weighted by Crippen LogP contribution is -2.47. The Morgan fingerprint density at radius 2 is 0.744 bits per heavy atom. The van der Waals surface area contributed by atoms with Crippen molar-refractivity contribution in [1.29, 1.82) is 0 Å². The Hall–Kier alpha value is -2.81. The highest BCUT2D eigenvalue weighted by Gasteiger charge is 2.27. The van der Waals surface area contributed by atoms with Crippen LogP contribution in [-0.4, -0.2) is 69.4 Å². The Kier molecular flexibility index (Phi) is 63.0. The highest BCUT2D eigenvalue weighted by atomic mass is 31.2. The van der Waals surface area contributed by atoms with E-state index in [1.54, 1.807) is 0 Å². The van der Waals surface area contributed by atoms with Crippen LogP contribution in [-0.2, 0) is 27.9 Å². The lowest BCUT2D eigenvalue weighted by molar-refractivity contribution is -0.870. The van der Waals surface area contributed by atoms with Crippen LogP contribution in [0.5, 0.6) is 0 Å². The minimum absolute atomic E-state index is 0.0248. The molecule has 1 amide bonds. The summed E-state index contributed by atoms with van der Waals surface area (Å²) in [6, 6.07) is -0.894. The van der Waals surface area contributed by atoms with E-state index in [1.165, 1.54) is 193 Å². The van der Waals surface area contributed by atoms with Gasteiger partial charge in [-0.2, -0.15) is 0 Å². The molecule has 0 aliphatic rings. The fourth-order valence-corrected chi connectivity index (χ4v) is 11.3. The number of nitrogens with one attached hydrogen (secondary N) is 1. The van der Waals surface area contributed by atoms with E-state index in [4.69, 9.17) is 13.8 Å². The van der Waals surface area contributed by atoms with E-state index < -0.39 is 26.6 Å². The van der Waals surface area contributed by atoms with Gasteiger partial charge in [0.05, 0.1) is 33.8 Å². The summed E-state index contributed by atoms with van der Waals surface area (Å²) in [7, 11) is 1.18. The van der Waals surface area contributed by atoms with E-state index in [0.717, 1.165) is 109 Å². The summed E-state index contributed by atoms with van der Waals surface area (Å²) in [5.41, 5.74) is 0. The lowest BCUT2D eigenvalue weighted by atomic mass is 10.0. The molecule has 0 heterocycles. The molecule has 0 fully saturated rings. The number of nitrogens with zero attached hydrogens (tertiary/aromatic N) is 1. The van der Waals surface area contributed by atoms with E-state index >= 15 is 0 Å². The Morgan fingerprint density at radius 3 is 1.12 bits per heavy atom. The average Bonchev–Trinajstić information content (AvgIpc) is 3.65. The number of allylic oxidation sites excluding steroid dienone is 13. The number of phosphoric acid groups is 1. The first kappa shape index (κ1) is 83.2. The van der Waals surface area contributed by atoms with Gasteiger partial charge in [-0.05, 0) is 83.1 Å². The summed E-state index contributed by atoms with van der Waals surface area (Å²) < 4.78 is 30.5. The van der Waals surface area contributed by atoms with Crippen LogP contribution in [0, 0.1) is 0 Å². The standard InChI is InChI=1S/C76H139N2O7P/c1-7-10-13-16-19-22-25-28-30-32-34-36-37-38-39-40-41-43-45-47-49-51-54-57-60-63-66-69-76(80)85-74(67-64-61-58-55-52-27-24-21-18-15-12-9-3)73(72-84-86(81,82)83-71-70-78(4,5)6)77-75(79)68-65-62-59-56-53-50-48-46-44-42-35-33-31-29-26-23-20-17-14-11-8-2/h10,13,19,22,28,30,34,36,38-39,41,43,64,67,73-74H,7-9,11-12,14-18,20-21,23-27,29,31-33,35,37,40,42,44-63,65-66,68-72H2,1-6H3,(H-,77,79,81,82)/b13-10-,22-19-,30-28-,36-34-,39-38-,43-41-,67-64+. The zero-order valence-electron chi connectivity index (χ0n) is 57.3. The first-order chi connectivity index (χ1) is 41.9. The second-order valence-corrected chi connectivity index (χ2v) is 27.1. The molecular weight excluding hydrogens is 1080 g/mol. The van der Waals surface area contributed by atoms with Crippen LogP contribution in [0.3, 0.4) is 0 Å². The summed E-state index contributed by atoms with van der Waals surface area (Å²) in [4.78, 5) is 40.2. The van der Waals surface area contributed by atoms with E-state index in [9.17, 15) is 19.0 Å². The van der Waals surface area contributed by atoms with Gasteiger partial charge in [-0.15, -0.1) is 0 Å². The molecule has 0 aliphatic heterocycles. The maximum atomic E-state index is 13.6. The van der Waals surface area contributed by atoms with Crippen LogP contribution in [0.2, 0.25) is 0 Å². The van der Waals surface area contributed by atoms with Gasteiger partial charge < -0.3 is 28.5 Å². The molecule has 3 unspecified atom stereocenters. The molecule has 500 valence electrons. The topological polar surface area (TPSA) is 114 Å². The van der Waals surface area contributed by atoms with Gasteiger partial charge in [0.15, 0.2) is 0 Å². The van der Waals surface area contributed by atoms with Gasteiger partial charge in [0.25, 0.3) is 7.82 Å². The van der Waals surface area contributed by atoms with Crippen molar-refractivity contribution in [3.05, 3.63) is 85.1 Å². The molecule has 9 nitrogen and oxygen atoms in total. The highest BCUT2D eigenvalue weighted by Crippen LogP contribution is 2.38. The minimum atomic E-state index is -4.71. The molecule has 0 aliphatic carbocycles. The number of quaternary nitrogens is 1. The quantitative estimate of drug-likeness (QED) is 0.0212. The number of hydrogen-bond acceptors (Lipinski definition) is 7. The summed E-state index contributed by atoms with van der Waals surface area (Å²) >= 11 is 0. The number of likely N-dealkylation sites (N-methyl/N-ethyl adjacent to an activating group) is 1. The third-order valence-corrected chi connectivity index (χ3v) is 17.1. The van der Waals surface area contributed by atoms with Crippen LogP contribution in [0.25, 0.3) is 0 Å². The van der Waals surface area contributed by atoms with Crippen LogP contribution < -0.4 is 10.2 Å². The maximum absolute atomic E-state index is 13.6. The lowest BCUT2D eigenvalue weighted by Gasteiger charge is -2.30. The number of hydrogen-bond donors (Lipinski definition) is 1. The first-order valence-electron chi connectivity index (χ1n) is 36.4. The summed E-state index contributed by atoms with van der Waals surface area (Å²) in [5.74, 6) is -0.540. The van der Waals surface area contributed by atoms with Crippen molar-refractivity contribution in [2.24, 2.45) is 0 Å². The number of unbranched alkanes of at least 4 members (excludes halogenated alkanes) is 38. The Labute approximate surface area is 533 Å². The van der Waals surface area contributed by atoms with Gasteiger partial charge in [0.1, 0.15) is 19.3 Å². The van der Waals surface area contributed by atoms with E-state index in [2.05, 4.69) is 99.0 Å². The van der Waals surface area contributed by atoms with Crippen molar-refractivity contribution >= 4 is 19.7 Å². The zero-order valence-corrected chi connectivity index (χ0v) is 58.2. The van der Waals surface area contributed by atoms with E-state index in [0.29, 0.717) is 17.4 Å². The normalized spacial score (nSPS) is 14.0. The minimum Gasteiger partial charge on any atom is -0.756 e. The van der Waals surface area contributed by atoms with Crippen molar-refractivity contribution in [2.45, 2.75) is 348 Å². The molecule has 10 heteroatoms. The number of carbonyl (C=O) groups is 2. The number of phosphoric ester groups is 1. The first-order valence-corrected chi connectivity index (χ1v) is 37.9. The summed E-state index contributed by atoms with van der Waals surface area (Å²) in [6.07, 6.45) is 87.1. The Balaban J connectivity index is 5.05. The van der Waals surface area contributed by atoms with Crippen molar-refractivity contribution in [2.75, 3.05) is 40.9 Å². The van der Waals surface area contributed by atoms with Gasteiger partial charge in [-0.1, -0.05) is 324 Å². The van der Waals surface area contributed by atoms with E-state index in [1.807, 2.05) is 33.3 Å². The zero-order chi connectivity index (χ0) is 62.8. The van der Waals surface area contributed by atoms with Crippen molar-refractivity contribution < 1.29 is 37.3 Å². The molecule has 0 saturated carbocycles. The van der Waals surface area contributed by atoms with Crippen molar-refractivity contribution in [3.63, 3.8) is 0 Å². The molecule has 3 atom stereocenters. The molecule has 1 N–H and O–H groups in total. The van der Waals surface area contributed by atoms with Gasteiger partial charge in [-0.25, -0.2) is 0 Å². The molecule has 0 saturated heterocycles. The van der Waals surface area contributed by atoms with Crippen molar-refractivity contribution in [1.82, 2.24) is 5.32 Å². The number of ether oxygens (including phenoxy) is 1. The second kappa shape index (κ2) is 65.2. The summed E-state index contributed by atoms with van der Waals surface area (Å²) in [5, 5.41) is 3.05. The smallest absolute Gasteiger partial charge is 0.306 e. The predicted octanol–water partition coefficient (Wildman–Crippen LogP) is 22.7. The van der Waals surface area contributed by atoms with Crippen LogP contribution in [0.15, 0.2) is 85.1 Å². The predicted molar refractivity (Wildman–Crippen MR) is 371 cm³/mol. The van der Waals surface area contributed by atoms with Gasteiger partial charge in [0.2, 0.25) is 5.91 Å². The number of amides is 1. The number of carbonyl (C=O) groups excluding carboxylic acids is 2. The number of rotatable bonds is 66. The fraction of sp³-hybridized carbons (Fsp3) is 0.789. The molecule has 0 bridgehead atoms. The molecular formula is C76H139N2O7P. The Morgan fingerprint density at radius 1 is 0.419 bits per heavy atom. The molecule has 0 aromatic carbocycles. The van der Waals surface area contributed by atoms with Gasteiger partial charge >= 0.3 is 5.97 Å². The van der Waals surface area contributed by atoms with Crippen LogP contribution >= 0.6 is 7.82 Å². The SMILES string of the molecule is CC/C=C\C/C=C\C/C=C\C/C=C\C/C=C\C/C=C\CCCCCCCCCCC(=O)OC(/C=C/CCCCCCCCCCCC)C(COP(=O)([O-])OCC[N+](C)(C)C)NC(=O)CCCCCCCCCCCCCCCCCCCCCCC. The number of esters is 1. The van der Waals surface area contributed by atoms with Gasteiger partial charge in [-0.3, -0.25) is 14.2 Å². The van der Waals surface area contributed by atoms with Gasteiger partial charge in [0, 0.05) is 12.8 Å². The largest absolute Gasteiger partial charge is 0.756 e.